The van der Waals surface area contributed by atoms with Crippen LogP contribution in [0.3, 0.4) is 0 Å². The maximum absolute atomic E-state index is 12.4. The number of ether oxygens (including phenoxy) is 2. The van der Waals surface area contributed by atoms with Crippen LogP contribution >= 0.6 is 0 Å². The molecule has 1 aliphatic carbocycles. The molecule has 0 spiro atoms. The van der Waals surface area contributed by atoms with Crippen molar-refractivity contribution in [3.05, 3.63) is 0 Å². The molecule has 1 saturated carbocycles. The number of carbonyl (C=O) groups excluding carboxylic acids is 3. The van der Waals surface area contributed by atoms with Crippen molar-refractivity contribution < 1.29 is 23.9 Å². The van der Waals surface area contributed by atoms with E-state index < -0.39 is 11.6 Å². The van der Waals surface area contributed by atoms with Crippen molar-refractivity contribution in [2.24, 2.45) is 5.73 Å². The molecule has 1 atom stereocenters. The lowest BCUT2D eigenvalue weighted by molar-refractivity contribution is -0.155. The van der Waals surface area contributed by atoms with Crippen LogP contribution in [0.5, 0.6) is 0 Å². The second-order valence-corrected chi connectivity index (χ2v) is 7.98. The third-order valence-electron chi connectivity index (χ3n) is 4.57. The van der Waals surface area contributed by atoms with Gasteiger partial charge < -0.3 is 25.0 Å². The molecule has 1 saturated heterocycles. The van der Waals surface area contributed by atoms with E-state index in [1.165, 1.54) is 0 Å². The van der Waals surface area contributed by atoms with E-state index in [0.29, 0.717) is 26.2 Å². The van der Waals surface area contributed by atoms with E-state index in [1.54, 1.807) is 30.6 Å². The fourth-order valence-corrected chi connectivity index (χ4v) is 2.84. The van der Waals surface area contributed by atoms with E-state index in [1.807, 2.05) is 0 Å². The quantitative estimate of drug-likeness (QED) is 0.732. The van der Waals surface area contributed by atoms with Crippen LogP contribution in [-0.4, -0.2) is 71.7 Å². The van der Waals surface area contributed by atoms with Gasteiger partial charge in [-0.3, -0.25) is 9.59 Å². The van der Waals surface area contributed by atoms with Crippen LogP contribution in [0, 0.1) is 0 Å². The van der Waals surface area contributed by atoms with E-state index in [9.17, 15) is 14.4 Å². The summed E-state index contributed by atoms with van der Waals surface area (Å²) in [5.74, 6) is -0.551. The van der Waals surface area contributed by atoms with Crippen molar-refractivity contribution >= 4 is 18.0 Å². The molecule has 0 aromatic rings. The number of amides is 2. The zero-order valence-electron chi connectivity index (χ0n) is 16.0. The largest absolute Gasteiger partial charge is 0.460 e. The van der Waals surface area contributed by atoms with Crippen LogP contribution in [-0.2, 0) is 19.1 Å². The summed E-state index contributed by atoms with van der Waals surface area (Å²) in [4.78, 5) is 39.5. The highest BCUT2D eigenvalue weighted by Gasteiger charge is 2.30. The summed E-state index contributed by atoms with van der Waals surface area (Å²) >= 11 is 0. The van der Waals surface area contributed by atoms with Crippen molar-refractivity contribution in [3.8, 4) is 0 Å². The summed E-state index contributed by atoms with van der Waals surface area (Å²) in [5, 5.41) is 0. The van der Waals surface area contributed by atoms with Crippen LogP contribution in [0.2, 0.25) is 0 Å². The number of nitrogens with two attached hydrogens (primary N) is 1. The maximum Gasteiger partial charge on any atom is 0.410 e. The monoisotopic (exact) mass is 369 g/mol. The third-order valence-corrected chi connectivity index (χ3v) is 4.57. The first-order valence-corrected chi connectivity index (χ1v) is 9.37. The molecular formula is C18H31N3O5. The Hall–Kier alpha value is -1.83. The molecule has 8 heteroatoms. The topological polar surface area (TPSA) is 102 Å². The minimum atomic E-state index is -0.740. The molecule has 2 rings (SSSR count). The average Bonchev–Trinajstić information content (AvgIpc) is 2.53. The standard InChI is InChI=1S/C18H31N3O5/c1-18(2,3)26-15(22)8-7-14(19)16(23)20-9-11-21(12-10-20)17(24)25-13-5-4-6-13/h13-14H,4-12,19H2,1-3H3/t14-/m0/s1. The van der Waals surface area contributed by atoms with Gasteiger partial charge in [-0.2, -0.15) is 0 Å². The van der Waals surface area contributed by atoms with Crippen LogP contribution < -0.4 is 5.73 Å². The van der Waals surface area contributed by atoms with Crippen LogP contribution in [0.4, 0.5) is 4.79 Å². The van der Waals surface area contributed by atoms with Gasteiger partial charge in [0.25, 0.3) is 0 Å². The van der Waals surface area contributed by atoms with Crippen molar-refractivity contribution in [1.82, 2.24) is 9.80 Å². The Morgan fingerprint density at radius 3 is 2.15 bits per heavy atom. The number of carbonyl (C=O) groups is 3. The summed E-state index contributed by atoms with van der Waals surface area (Å²) in [5.41, 5.74) is 5.40. The first-order chi connectivity index (χ1) is 12.2. The predicted octanol–water partition coefficient (Wildman–Crippen LogP) is 1.27. The first-order valence-electron chi connectivity index (χ1n) is 9.37. The minimum Gasteiger partial charge on any atom is -0.460 e. The second-order valence-electron chi connectivity index (χ2n) is 7.98. The SMILES string of the molecule is CC(C)(C)OC(=O)CC[C@H](N)C(=O)N1CCN(C(=O)OC2CCC2)CC1. The second kappa shape index (κ2) is 8.70. The lowest BCUT2D eigenvalue weighted by Crippen LogP contribution is -2.54. The van der Waals surface area contributed by atoms with Gasteiger partial charge in [0.15, 0.2) is 0 Å². The summed E-state index contributed by atoms with van der Waals surface area (Å²) in [6.45, 7) is 7.13. The molecule has 0 unspecified atom stereocenters. The smallest absolute Gasteiger partial charge is 0.410 e. The van der Waals surface area contributed by atoms with Gasteiger partial charge in [0.05, 0.1) is 6.04 Å². The molecule has 1 heterocycles. The highest BCUT2D eigenvalue weighted by Crippen LogP contribution is 2.23. The van der Waals surface area contributed by atoms with Gasteiger partial charge in [0.2, 0.25) is 5.91 Å². The average molecular weight is 369 g/mol. The number of hydrogen-bond donors (Lipinski definition) is 1. The van der Waals surface area contributed by atoms with Gasteiger partial charge in [0.1, 0.15) is 11.7 Å². The van der Waals surface area contributed by atoms with E-state index in [0.717, 1.165) is 19.3 Å². The maximum atomic E-state index is 12.4. The van der Waals surface area contributed by atoms with Crippen molar-refractivity contribution in [2.75, 3.05) is 26.2 Å². The van der Waals surface area contributed by atoms with Gasteiger partial charge in [0, 0.05) is 32.6 Å². The highest BCUT2D eigenvalue weighted by molar-refractivity contribution is 5.82. The Labute approximate surface area is 155 Å². The van der Waals surface area contributed by atoms with Gasteiger partial charge in [-0.1, -0.05) is 0 Å². The number of nitrogens with zero attached hydrogens (tertiary/aromatic N) is 2. The van der Waals surface area contributed by atoms with E-state index >= 15 is 0 Å². The number of esters is 1. The minimum absolute atomic E-state index is 0.0587. The fourth-order valence-electron chi connectivity index (χ4n) is 2.84. The lowest BCUT2D eigenvalue weighted by Gasteiger charge is -2.36. The Balaban J connectivity index is 1.69. The molecule has 8 nitrogen and oxygen atoms in total. The van der Waals surface area contributed by atoms with Crippen molar-refractivity contribution in [2.45, 2.75) is 70.6 Å². The Morgan fingerprint density at radius 2 is 1.65 bits per heavy atom. The molecule has 0 aromatic heterocycles. The molecule has 0 bridgehead atoms. The zero-order chi connectivity index (χ0) is 19.3. The van der Waals surface area contributed by atoms with Crippen LogP contribution in [0.1, 0.15) is 52.9 Å². The molecular weight excluding hydrogens is 338 g/mol. The molecule has 0 radical (unpaired) electrons. The van der Waals surface area contributed by atoms with E-state index in [4.69, 9.17) is 15.2 Å². The summed E-state index contributed by atoms with van der Waals surface area (Å²) in [6.07, 6.45) is 3.11. The molecule has 148 valence electrons. The van der Waals surface area contributed by atoms with Gasteiger partial charge in [-0.25, -0.2) is 4.79 Å². The molecule has 1 aliphatic heterocycles. The number of hydrogen-bond acceptors (Lipinski definition) is 6. The zero-order valence-corrected chi connectivity index (χ0v) is 16.0. The van der Waals surface area contributed by atoms with Crippen molar-refractivity contribution in [3.63, 3.8) is 0 Å². The van der Waals surface area contributed by atoms with E-state index in [2.05, 4.69) is 0 Å². The summed E-state index contributed by atoms with van der Waals surface area (Å²) < 4.78 is 10.6. The third kappa shape index (κ3) is 6.16. The van der Waals surface area contributed by atoms with Crippen LogP contribution in [0.15, 0.2) is 0 Å². The van der Waals surface area contributed by atoms with Gasteiger partial charge >= 0.3 is 12.1 Å². The lowest BCUT2D eigenvalue weighted by atomic mass is 9.96. The highest BCUT2D eigenvalue weighted by atomic mass is 16.6. The van der Waals surface area contributed by atoms with Crippen molar-refractivity contribution in [1.29, 1.82) is 0 Å². The number of rotatable bonds is 5. The summed E-state index contributed by atoms with van der Waals surface area (Å²) in [7, 11) is 0. The summed E-state index contributed by atoms with van der Waals surface area (Å²) in [6, 6.07) is -0.740. The van der Waals surface area contributed by atoms with Gasteiger partial charge in [-0.15, -0.1) is 0 Å². The van der Waals surface area contributed by atoms with Gasteiger partial charge in [-0.05, 0) is 46.5 Å². The molecule has 2 amide bonds. The predicted molar refractivity (Wildman–Crippen MR) is 95.3 cm³/mol. The molecule has 0 aromatic carbocycles. The first kappa shape index (κ1) is 20.5. The van der Waals surface area contributed by atoms with E-state index in [-0.39, 0.29) is 36.9 Å². The molecule has 2 N–H and O–H groups in total. The normalized spacial score (nSPS) is 19.5. The molecule has 2 fully saturated rings. The Bertz CT molecular complexity index is 519. The Morgan fingerprint density at radius 1 is 1.08 bits per heavy atom. The van der Waals surface area contributed by atoms with Crippen LogP contribution in [0.25, 0.3) is 0 Å². The Kier molecular flexibility index (Phi) is 6.86. The molecule has 2 aliphatic rings. The molecule has 26 heavy (non-hydrogen) atoms. The fraction of sp³-hybridized carbons (Fsp3) is 0.833. The number of piperazine rings is 1.